The van der Waals surface area contributed by atoms with Gasteiger partial charge in [-0.05, 0) is 18.2 Å². The van der Waals surface area contributed by atoms with Crippen LogP contribution < -0.4 is 4.74 Å². The normalized spacial score (nSPS) is 10.1. The van der Waals surface area contributed by atoms with Gasteiger partial charge in [0.15, 0.2) is 0 Å². The van der Waals surface area contributed by atoms with Crippen LogP contribution in [0.25, 0.3) is 11.5 Å². The van der Waals surface area contributed by atoms with Crippen LogP contribution in [-0.2, 0) is 0 Å². The highest BCUT2D eigenvalue weighted by Gasteiger charge is 2.10. The highest BCUT2D eigenvalue weighted by molar-refractivity contribution is 9.10. The molecule has 0 radical (unpaired) electrons. The van der Waals surface area contributed by atoms with Crippen molar-refractivity contribution in [1.82, 2.24) is 10.2 Å². The van der Waals surface area contributed by atoms with Crippen LogP contribution in [-0.4, -0.2) is 17.3 Å². The van der Waals surface area contributed by atoms with E-state index in [1.807, 2.05) is 18.2 Å². The molecule has 0 amide bonds. The number of rotatable bonds is 2. The molecule has 4 nitrogen and oxygen atoms in total. The minimum Gasteiger partial charge on any atom is -0.496 e. The fraction of sp³-hybridized carbons (Fsp3) is 0.111. The summed E-state index contributed by atoms with van der Waals surface area (Å²) >= 11 is 3.35. The van der Waals surface area contributed by atoms with Gasteiger partial charge in [-0.15, -0.1) is 10.2 Å². The highest BCUT2D eigenvalue weighted by atomic mass is 79.9. The third-order valence-corrected chi connectivity index (χ3v) is 2.25. The third kappa shape index (κ3) is 1.63. The number of ether oxygens (including phenoxy) is 1. The van der Waals surface area contributed by atoms with Crippen molar-refractivity contribution in [2.24, 2.45) is 0 Å². The van der Waals surface area contributed by atoms with Crippen molar-refractivity contribution in [3.63, 3.8) is 0 Å². The third-order valence-electron chi connectivity index (χ3n) is 1.75. The molecule has 0 aliphatic rings. The molecule has 72 valence electrons. The first-order valence-electron chi connectivity index (χ1n) is 3.91. The lowest BCUT2D eigenvalue weighted by atomic mass is 10.2. The smallest absolute Gasteiger partial charge is 0.251 e. The van der Waals surface area contributed by atoms with Gasteiger partial charge in [-0.1, -0.05) is 15.9 Å². The van der Waals surface area contributed by atoms with Gasteiger partial charge in [0.2, 0.25) is 6.39 Å². The van der Waals surface area contributed by atoms with Gasteiger partial charge in [0, 0.05) is 4.47 Å². The topological polar surface area (TPSA) is 48.2 Å². The average molecular weight is 255 g/mol. The molecule has 0 saturated heterocycles. The Labute approximate surface area is 89.0 Å². The van der Waals surface area contributed by atoms with E-state index < -0.39 is 0 Å². The van der Waals surface area contributed by atoms with Gasteiger partial charge in [-0.3, -0.25) is 0 Å². The summed E-state index contributed by atoms with van der Waals surface area (Å²) in [6.45, 7) is 0. The van der Waals surface area contributed by atoms with Crippen LogP contribution >= 0.6 is 15.9 Å². The van der Waals surface area contributed by atoms with E-state index in [0.29, 0.717) is 11.6 Å². The molecule has 1 aromatic heterocycles. The molecule has 1 heterocycles. The van der Waals surface area contributed by atoms with Crippen LogP contribution in [0.15, 0.2) is 33.5 Å². The molecule has 2 aromatic rings. The maximum absolute atomic E-state index is 5.19. The van der Waals surface area contributed by atoms with Crippen LogP contribution in [0, 0.1) is 0 Å². The van der Waals surface area contributed by atoms with Gasteiger partial charge in [-0.25, -0.2) is 0 Å². The number of halogens is 1. The Morgan fingerprint density at radius 2 is 2.29 bits per heavy atom. The molecule has 0 saturated carbocycles. The fourth-order valence-corrected chi connectivity index (χ4v) is 1.47. The molecule has 0 bridgehead atoms. The summed E-state index contributed by atoms with van der Waals surface area (Å²) in [6, 6.07) is 5.60. The SMILES string of the molecule is COc1cc(Br)ccc1-c1nnco1. The van der Waals surface area contributed by atoms with E-state index in [-0.39, 0.29) is 0 Å². The number of hydrogen-bond acceptors (Lipinski definition) is 4. The van der Waals surface area contributed by atoms with Crippen LogP contribution in [0.2, 0.25) is 0 Å². The van der Waals surface area contributed by atoms with Crippen molar-refractivity contribution in [1.29, 1.82) is 0 Å². The van der Waals surface area contributed by atoms with Gasteiger partial charge in [0.05, 0.1) is 12.7 Å². The summed E-state index contributed by atoms with van der Waals surface area (Å²) in [5, 5.41) is 7.43. The van der Waals surface area contributed by atoms with E-state index in [1.165, 1.54) is 6.39 Å². The molecule has 0 aliphatic heterocycles. The molecular formula is C9H7BrN2O2. The van der Waals surface area contributed by atoms with E-state index in [1.54, 1.807) is 7.11 Å². The van der Waals surface area contributed by atoms with E-state index >= 15 is 0 Å². The lowest BCUT2D eigenvalue weighted by Crippen LogP contribution is -1.88. The summed E-state index contributed by atoms with van der Waals surface area (Å²) in [6.07, 6.45) is 1.29. The molecule has 0 aliphatic carbocycles. The molecule has 0 N–H and O–H groups in total. The minimum atomic E-state index is 0.453. The second-order valence-corrected chi connectivity index (χ2v) is 3.50. The van der Waals surface area contributed by atoms with E-state index in [4.69, 9.17) is 9.15 Å². The second-order valence-electron chi connectivity index (χ2n) is 2.59. The number of benzene rings is 1. The molecule has 1 aromatic carbocycles. The Balaban J connectivity index is 2.53. The summed E-state index contributed by atoms with van der Waals surface area (Å²) < 4.78 is 11.2. The van der Waals surface area contributed by atoms with Crippen molar-refractivity contribution in [3.05, 3.63) is 29.1 Å². The van der Waals surface area contributed by atoms with Crippen LogP contribution in [0.5, 0.6) is 5.75 Å². The number of aromatic nitrogens is 2. The summed E-state index contributed by atoms with van der Waals surface area (Å²) in [5.41, 5.74) is 0.785. The van der Waals surface area contributed by atoms with Gasteiger partial charge < -0.3 is 9.15 Å². The van der Waals surface area contributed by atoms with Crippen molar-refractivity contribution >= 4 is 15.9 Å². The number of nitrogens with zero attached hydrogens (tertiary/aromatic N) is 2. The highest BCUT2D eigenvalue weighted by Crippen LogP contribution is 2.30. The monoisotopic (exact) mass is 254 g/mol. The Hall–Kier alpha value is -1.36. The maximum atomic E-state index is 5.19. The zero-order valence-electron chi connectivity index (χ0n) is 7.40. The van der Waals surface area contributed by atoms with Crippen molar-refractivity contribution in [2.45, 2.75) is 0 Å². The number of methoxy groups -OCH3 is 1. The Bertz CT molecular complexity index is 428. The first kappa shape index (κ1) is 9.21. The van der Waals surface area contributed by atoms with Gasteiger partial charge in [0.1, 0.15) is 5.75 Å². The lowest BCUT2D eigenvalue weighted by Gasteiger charge is -2.04. The van der Waals surface area contributed by atoms with E-state index in [9.17, 15) is 0 Å². The first-order valence-corrected chi connectivity index (χ1v) is 4.70. The molecule has 14 heavy (non-hydrogen) atoms. The predicted molar refractivity (Wildman–Crippen MR) is 54.0 cm³/mol. The van der Waals surface area contributed by atoms with Crippen LogP contribution in [0.4, 0.5) is 0 Å². The zero-order valence-corrected chi connectivity index (χ0v) is 8.98. The predicted octanol–water partition coefficient (Wildman–Crippen LogP) is 2.51. The minimum absolute atomic E-state index is 0.453. The summed E-state index contributed by atoms with van der Waals surface area (Å²) in [4.78, 5) is 0. The van der Waals surface area contributed by atoms with Crippen molar-refractivity contribution in [3.8, 4) is 17.2 Å². The quantitative estimate of drug-likeness (QED) is 0.827. The second kappa shape index (κ2) is 3.79. The standard InChI is InChI=1S/C9H7BrN2O2/c1-13-8-4-6(10)2-3-7(8)9-12-11-5-14-9/h2-5H,1H3. The zero-order chi connectivity index (χ0) is 9.97. The van der Waals surface area contributed by atoms with Crippen molar-refractivity contribution < 1.29 is 9.15 Å². The largest absolute Gasteiger partial charge is 0.496 e. The summed E-state index contributed by atoms with van der Waals surface area (Å²) in [5.74, 6) is 1.15. The number of hydrogen-bond donors (Lipinski definition) is 0. The molecular weight excluding hydrogens is 248 g/mol. The van der Waals surface area contributed by atoms with Gasteiger partial charge in [-0.2, -0.15) is 0 Å². The molecule has 0 unspecified atom stereocenters. The van der Waals surface area contributed by atoms with Gasteiger partial charge >= 0.3 is 0 Å². The summed E-state index contributed by atoms with van der Waals surface area (Å²) in [7, 11) is 1.60. The first-order chi connectivity index (χ1) is 6.81. The Morgan fingerprint density at radius 3 is 2.93 bits per heavy atom. The van der Waals surface area contributed by atoms with Crippen molar-refractivity contribution in [2.75, 3.05) is 7.11 Å². The van der Waals surface area contributed by atoms with Crippen LogP contribution in [0.1, 0.15) is 0 Å². The Kier molecular flexibility index (Phi) is 2.49. The van der Waals surface area contributed by atoms with Gasteiger partial charge in [0.25, 0.3) is 5.89 Å². The molecule has 2 rings (SSSR count). The lowest BCUT2D eigenvalue weighted by molar-refractivity contribution is 0.414. The fourth-order valence-electron chi connectivity index (χ4n) is 1.13. The molecule has 0 atom stereocenters. The maximum Gasteiger partial charge on any atom is 0.251 e. The van der Waals surface area contributed by atoms with Crippen LogP contribution in [0.3, 0.4) is 0 Å². The molecule has 0 fully saturated rings. The van der Waals surface area contributed by atoms with E-state index in [2.05, 4.69) is 26.1 Å². The molecule has 5 heteroatoms. The average Bonchev–Trinajstić information content (AvgIpc) is 2.70. The Morgan fingerprint density at radius 1 is 1.43 bits per heavy atom. The van der Waals surface area contributed by atoms with E-state index in [0.717, 1.165) is 10.0 Å². The molecule has 0 spiro atoms.